The van der Waals surface area contributed by atoms with E-state index < -0.39 is 15.8 Å². The van der Waals surface area contributed by atoms with Crippen molar-refractivity contribution in [3.63, 3.8) is 0 Å². The van der Waals surface area contributed by atoms with E-state index in [1.165, 1.54) is 22.5 Å². The van der Waals surface area contributed by atoms with Crippen LogP contribution in [0.5, 0.6) is 0 Å². The second-order valence-corrected chi connectivity index (χ2v) is 7.78. The molecule has 0 radical (unpaired) electrons. The third-order valence-electron chi connectivity index (χ3n) is 4.24. The number of nitrogens with zero attached hydrogens (tertiary/aromatic N) is 2. The Morgan fingerprint density at radius 2 is 1.52 bits per heavy atom. The van der Waals surface area contributed by atoms with Gasteiger partial charge in [-0.15, -0.1) is 0 Å². The SMILES string of the molecule is O=C(Cc1ccccc1)N1CCN(S(=O)(=O)c2ccccc2F)CC1. The Balaban J connectivity index is 1.64. The van der Waals surface area contributed by atoms with Crippen LogP contribution in [-0.4, -0.2) is 49.7 Å². The molecule has 5 nitrogen and oxygen atoms in total. The summed E-state index contributed by atoms with van der Waals surface area (Å²) < 4.78 is 40.2. The summed E-state index contributed by atoms with van der Waals surface area (Å²) in [6.45, 7) is 0.938. The van der Waals surface area contributed by atoms with Gasteiger partial charge < -0.3 is 4.90 Å². The Morgan fingerprint density at radius 3 is 2.16 bits per heavy atom. The molecule has 0 unspecified atom stereocenters. The Bertz CT molecular complexity index is 848. The standard InChI is InChI=1S/C18H19FN2O3S/c19-16-8-4-5-9-17(16)25(23,24)21-12-10-20(11-13-21)18(22)14-15-6-2-1-3-7-15/h1-9H,10-14H2. The fourth-order valence-corrected chi connectivity index (χ4v) is 4.34. The van der Waals surface area contributed by atoms with Crippen LogP contribution in [0.2, 0.25) is 0 Å². The molecule has 0 aliphatic carbocycles. The first-order chi connectivity index (χ1) is 12.0. The van der Waals surface area contributed by atoms with Gasteiger partial charge in [0.1, 0.15) is 10.7 Å². The maximum absolute atomic E-state index is 13.8. The minimum atomic E-state index is -3.88. The maximum Gasteiger partial charge on any atom is 0.246 e. The highest BCUT2D eigenvalue weighted by Crippen LogP contribution is 2.20. The zero-order chi connectivity index (χ0) is 17.9. The summed E-state index contributed by atoms with van der Waals surface area (Å²) >= 11 is 0. The molecule has 0 N–H and O–H groups in total. The van der Waals surface area contributed by atoms with Gasteiger partial charge in [-0.1, -0.05) is 42.5 Å². The van der Waals surface area contributed by atoms with E-state index in [0.29, 0.717) is 19.5 Å². The first-order valence-electron chi connectivity index (χ1n) is 8.05. The van der Waals surface area contributed by atoms with Crippen LogP contribution in [-0.2, 0) is 21.2 Å². The van der Waals surface area contributed by atoms with E-state index in [1.807, 2.05) is 30.3 Å². The highest BCUT2D eigenvalue weighted by molar-refractivity contribution is 7.89. The van der Waals surface area contributed by atoms with Crippen LogP contribution in [0, 0.1) is 5.82 Å². The lowest BCUT2D eigenvalue weighted by atomic mass is 10.1. The molecule has 132 valence electrons. The normalized spacial score (nSPS) is 16.0. The number of hydrogen-bond donors (Lipinski definition) is 0. The molecule has 0 saturated carbocycles. The van der Waals surface area contributed by atoms with Gasteiger partial charge in [0.2, 0.25) is 15.9 Å². The van der Waals surface area contributed by atoms with Gasteiger partial charge in [-0.2, -0.15) is 4.31 Å². The van der Waals surface area contributed by atoms with Gasteiger partial charge in [0.05, 0.1) is 6.42 Å². The van der Waals surface area contributed by atoms with Crippen LogP contribution >= 0.6 is 0 Å². The summed E-state index contributed by atoms with van der Waals surface area (Å²) in [5.74, 6) is -0.792. The van der Waals surface area contributed by atoms with Gasteiger partial charge in [-0.3, -0.25) is 4.79 Å². The Labute approximate surface area is 146 Å². The lowest BCUT2D eigenvalue weighted by Gasteiger charge is -2.34. The number of hydrogen-bond acceptors (Lipinski definition) is 3. The minimum Gasteiger partial charge on any atom is -0.340 e. The van der Waals surface area contributed by atoms with Crippen molar-refractivity contribution in [1.82, 2.24) is 9.21 Å². The Morgan fingerprint density at radius 1 is 0.920 bits per heavy atom. The topological polar surface area (TPSA) is 57.7 Å². The summed E-state index contributed by atoms with van der Waals surface area (Å²) in [6.07, 6.45) is 0.293. The van der Waals surface area contributed by atoms with E-state index in [1.54, 1.807) is 4.90 Å². The predicted molar refractivity (Wildman–Crippen MR) is 91.9 cm³/mol. The van der Waals surface area contributed by atoms with Gasteiger partial charge in [0, 0.05) is 26.2 Å². The number of sulfonamides is 1. The molecule has 1 heterocycles. The van der Waals surface area contributed by atoms with Crippen molar-refractivity contribution < 1.29 is 17.6 Å². The van der Waals surface area contributed by atoms with E-state index in [9.17, 15) is 17.6 Å². The van der Waals surface area contributed by atoms with Crippen LogP contribution in [0.15, 0.2) is 59.5 Å². The third-order valence-corrected chi connectivity index (χ3v) is 6.18. The second-order valence-electron chi connectivity index (χ2n) is 5.88. The van der Waals surface area contributed by atoms with Crippen molar-refractivity contribution in [2.75, 3.05) is 26.2 Å². The molecular weight excluding hydrogens is 343 g/mol. The number of amides is 1. The molecule has 2 aromatic rings. The van der Waals surface area contributed by atoms with Gasteiger partial charge in [-0.25, -0.2) is 12.8 Å². The van der Waals surface area contributed by atoms with Crippen molar-refractivity contribution in [1.29, 1.82) is 0 Å². The number of carbonyl (C=O) groups is 1. The molecule has 7 heteroatoms. The molecule has 0 bridgehead atoms. The fourth-order valence-electron chi connectivity index (χ4n) is 2.85. The Hall–Kier alpha value is -2.25. The third kappa shape index (κ3) is 3.88. The smallest absolute Gasteiger partial charge is 0.246 e. The summed E-state index contributed by atoms with van der Waals surface area (Å²) in [5.41, 5.74) is 0.925. The van der Waals surface area contributed by atoms with Crippen molar-refractivity contribution in [3.8, 4) is 0 Å². The van der Waals surface area contributed by atoms with E-state index in [2.05, 4.69) is 0 Å². The molecular formula is C18H19FN2O3S. The molecule has 3 rings (SSSR count). The van der Waals surface area contributed by atoms with Crippen LogP contribution in [0.3, 0.4) is 0 Å². The summed E-state index contributed by atoms with van der Waals surface area (Å²) in [7, 11) is -3.88. The number of halogens is 1. The monoisotopic (exact) mass is 362 g/mol. The zero-order valence-electron chi connectivity index (χ0n) is 13.6. The molecule has 1 fully saturated rings. The van der Waals surface area contributed by atoms with Crippen LogP contribution in [0.1, 0.15) is 5.56 Å². The average Bonchev–Trinajstić information content (AvgIpc) is 2.63. The number of piperazine rings is 1. The van der Waals surface area contributed by atoms with Crippen LogP contribution < -0.4 is 0 Å². The first-order valence-corrected chi connectivity index (χ1v) is 9.49. The van der Waals surface area contributed by atoms with Gasteiger partial charge in [0.15, 0.2) is 0 Å². The molecule has 0 aromatic heterocycles. The van der Waals surface area contributed by atoms with Gasteiger partial charge in [-0.05, 0) is 17.7 Å². The minimum absolute atomic E-state index is 0.0332. The van der Waals surface area contributed by atoms with Gasteiger partial charge >= 0.3 is 0 Å². The molecule has 25 heavy (non-hydrogen) atoms. The summed E-state index contributed by atoms with van der Waals surface area (Å²) in [6, 6.07) is 14.8. The lowest BCUT2D eigenvalue weighted by Crippen LogP contribution is -2.51. The van der Waals surface area contributed by atoms with Crippen LogP contribution in [0.25, 0.3) is 0 Å². The quantitative estimate of drug-likeness (QED) is 0.835. The predicted octanol–water partition coefficient (Wildman–Crippen LogP) is 1.90. The summed E-state index contributed by atoms with van der Waals surface area (Å²) in [5, 5.41) is 0. The molecule has 0 atom stereocenters. The Kier molecular flexibility index (Phi) is 5.15. The molecule has 1 amide bonds. The van der Waals surface area contributed by atoms with Crippen molar-refractivity contribution >= 4 is 15.9 Å². The maximum atomic E-state index is 13.8. The molecule has 1 aliphatic rings. The highest BCUT2D eigenvalue weighted by atomic mass is 32.2. The van der Waals surface area contributed by atoms with Crippen LogP contribution in [0.4, 0.5) is 4.39 Å². The fraction of sp³-hybridized carbons (Fsp3) is 0.278. The van der Waals surface area contributed by atoms with Crippen molar-refractivity contribution in [3.05, 3.63) is 66.0 Å². The van der Waals surface area contributed by atoms with Crippen molar-refractivity contribution in [2.45, 2.75) is 11.3 Å². The van der Waals surface area contributed by atoms with E-state index in [-0.39, 0.29) is 23.9 Å². The molecule has 2 aromatic carbocycles. The molecule has 1 saturated heterocycles. The van der Waals surface area contributed by atoms with Gasteiger partial charge in [0.25, 0.3) is 0 Å². The first kappa shape index (κ1) is 17.6. The number of rotatable bonds is 4. The van der Waals surface area contributed by atoms with Crippen molar-refractivity contribution in [2.24, 2.45) is 0 Å². The largest absolute Gasteiger partial charge is 0.340 e. The van der Waals surface area contributed by atoms with E-state index in [0.717, 1.165) is 11.6 Å². The zero-order valence-corrected chi connectivity index (χ0v) is 14.5. The lowest BCUT2D eigenvalue weighted by molar-refractivity contribution is -0.131. The molecule has 1 aliphatic heterocycles. The number of carbonyl (C=O) groups excluding carboxylic acids is 1. The van der Waals surface area contributed by atoms with E-state index in [4.69, 9.17) is 0 Å². The second kappa shape index (κ2) is 7.33. The summed E-state index contributed by atoms with van der Waals surface area (Å²) in [4.78, 5) is 13.7. The highest BCUT2D eigenvalue weighted by Gasteiger charge is 2.31. The molecule has 0 spiro atoms. The van der Waals surface area contributed by atoms with E-state index >= 15 is 0 Å². The number of benzene rings is 2. The average molecular weight is 362 g/mol.